The molecule has 1 aliphatic rings. The second-order valence-electron chi connectivity index (χ2n) is 6.38. The van der Waals surface area contributed by atoms with Crippen LogP contribution in [0, 0.1) is 5.92 Å². The van der Waals surface area contributed by atoms with Crippen LogP contribution in [0.1, 0.15) is 39.3 Å². The van der Waals surface area contributed by atoms with Gasteiger partial charge in [0.1, 0.15) is 5.82 Å². The molecule has 134 valence electrons. The van der Waals surface area contributed by atoms with Gasteiger partial charge in [-0.25, -0.2) is 4.98 Å². The van der Waals surface area contributed by atoms with E-state index >= 15 is 0 Å². The molecule has 1 aliphatic heterocycles. The molecule has 0 unspecified atom stereocenters. The molecule has 0 saturated carbocycles. The Balaban J connectivity index is 2.29. The molecule has 2 N–H and O–H groups in total. The second-order valence-corrected chi connectivity index (χ2v) is 6.79. The molecule has 1 atom stereocenters. The Morgan fingerprint density at radius 3 is 2.67 bits per heavy atom. The molecule has 2 heterocycles. The van der Waals surface area contributed by atoms with Gasteiger partial charge >= 0.3 is 6.18 Å². The molecule has 0 aliphatic carbocycles. The molecule has 0 radical (unpaired) electrons. The molecule has 0 spiro atoms. The van der Waals surface area contributed by atoms with E-state index in [2.05, 4.69) is 27.5 Å². The highest BCUT2D eigenvalue weighted by Gasteiger charge is 2.34. The Labute approximate surface area is 145 Å². The maximum Gasteiger partial charge on any atom is 0.433 e. The number of anilines is 2. The summed E-state index contributed by atoms with van der Waals surface area (Å²) in [6, 6.07) is 1.06. The summed E-state index contributed by atoms with van der Waals surface area (Å²) in [5.74, 6) is 0.554. The molecule has 1 saturated heterocycles. The van der Waals surface area contributed by atoms with E-state index in [9.17, 15) is 13.2 Å². The minimum atomic E-state index is -4.54. The summed E-state index contributed by atoms with van der Waals surface area (Å²) in [7, 11) is 0. The van der Waals surface area contributed by atoms with Crippen LogP contribution in [0.15, 0.2) is 6.07 Å². The second kappa shape index (κ2) is 7.50. The summed E-state index contributed by atoms with van der Waals surface area (Å²) in [5, 5.41) is 5.75. The van der Waals surface area contributed by atoms with E-state index in [1.54, 1.807) is 0 Å². The number of hydrogen-bond acceptors (Lipinski definition) is 4. The maximum absolute atomic E-state index is 13.2. The predicted molar refractivity (Wildman–Crippen MR) is 92.1 cm³/mol. The third kappa shape index (κ3) is 5.19. The molecule has 0 bridgehead atoms. The van der Waals surface area contributed by atoms with Crippen molar-refractivity contribution < 1.29 is 13.2 Å². The van der Waals surface area contributed by atoms with E-state index in [0.717, 1.165) is 18.9 Å². The molecule has 2 rings (SSSR count). The number of piperidine rings is 1. The summed E-state index contributed by atoms with van der Waals surface area (Å²) in [5.41, 5.74) is -0.972. The fourth-order valence-corrected chi connectivity index (χ4v) is 2.92. The Bertz CT molecular complexity index is 591. The lowest BCUT2D eigenvalue weighted by Gasteiger charge is -2.32. The van der Waals surface area contributed by atoms with Crippen molar-refractivity contribution >= 4 is 29.1 Å². The van der Waals surface area contributed by atoms with Crippen LogP contribution >= 0.6 is 12.2 Å². The van der Waals surface area contributed by atoms with Crippen molar-refractivity contribution in [1.29, 1.82) is 0 Å². The summed E-state index contributed by atoms with van der Waals surface area (Å²) >= 11 is 5.07. The number of halogens is 3. The van der Waals surface area contributed by atoms with Gasteiger partial charge in [-0.3, -0.25) is 0 Å². The Morgan fingerprint density at radius 2 is 2.08 bits per heavy atom. The zero-order chi connectivity index (χ0) is 17.9. The van der Waals surface area contributed by atoms with Crippen LogP contribution in [-0.2, 0) is 6.18 Å². The first-order chi connectivity index (χ1) is 11.1. The fraction of sp³-hybridized carbons (Fsp3) is 0.667. The Kier molecular flexibility index (Phi) is 5.84. The molecular weight excluding hydrogens is 339 g/mol. The highest BCUT2D eigenvalue weighted by Crippen LogP contribution is 2.31. The molecule has 1 fully saturated rings. The van der Waals surface area contributed by atoms with E-state index in [1.807, 2.05) is 18.7 Å². The summed E-state index contributed by atoms with van der Waals surface area (Å²) in [6.45, 7) is 7.21. The van der Waals surface area contributed by atoms with Gasteiger partial charge in [0.05, 0.1) is 0 Å². The number of rotatable bonds is 3. The van der Waals surface area contributed by atoms with Crippen molar-refractivity contribution in [3.63, 3.8) is 0 Å². The van der Waals surface area contributed by atoms with E-state index in [1.165, 1.54) is 0 Å². The summed E-state index contributed by atoms with van der Waals surface area (Å²) < 4.78 is 39.5. The predicted octanol–water partition coefficient (Wildman–Crippen LogP) is 3.43. The van der Waals surface area contributed by atoms with Crippen LogP contribution in [0.3, 0.4) is 0 Å². The lowest BCUT2D eigenvalue weighted by Crippen LogP contribution is -2.36. The average molecular weight is 361 g/mol. The molecule has 1 aromatic heterocycles. The Morgan fingerprint density at radius 1 is 1.38 bits per heavy atom. The van der Waals surface area contributed by atoms with Crippen LogP contribution in [0.25, 0.3) is 0 Å². The van der Waals surface area contributed by atoms with Crippen molar-refractivity contribution in [1.82, 2.24) is 15.3 Å². The monoisotopic (exact) mass is 361 g/mol. The van der Waals surface area contributed by atoms with Crippen LogP contribution in [0.5, 0.6) is 0 Å². The molecule has 1 aromatic rings. The van der Waals surface area contributed by atoms with Crippen molar-refractivity contribution in [3.05, 3.63) is 11.8 Å². The van der Waals surface area contributed by atoms with Gasteiger partial charge in [0.25, 0.3) is 0 Å². The van der Waals surface area contributed by atoms with Crippen molar-refractivity contribution in [2.24, 2.45) is 5.92 Å². The van der Waals surface area contributed by atoms with Gasteiger partial charge in [-0.05, 0) is 44.8 Å². The van der Waals surface area contributed by atoms with Gasteiger partial charge < -0.3 is 15.5 Å². The van der Waals surface area contributed by atoms with Gasteiger partial charge in [0.2, 0.25) is 5.95 Å². The van der Waals surface area contributed by atoms with Crippen molar-refractivity contribution in [2.75, 3.05) is 23.3 Å². The van der Waals surface area contributed by atoms with Gasteiger partial charge in [0, 0.05) is 25.2 Å². The average Bonchev–Trinajstić information content (AvgIpc) is 2.45. The minimum Gasteiger partial charge on any atom is -0.360 e. The summed E-state index contributed by atoms with van der Waals surface area (Å²) in [4.78, 5) is 9.66. The normalized spacial score (nSPS) is 18.6. The van der Waals surface area contributed by atoms with E-state index < -0.39 is 11.9 Å². The lowest BCUT2D eigenvalue weighted by atomic mass is 10.0. The molecular formula is C15H22F3N5S. The fourth-order valence-electron chi connectivity index (χ4n) is 2.59. The number of thiocarbonyl (C=S) groups is 1. The van der Waals surface area contributed by atoms with E-state index in [0.29, 0.717) is 19.0 Å². The highest BCUT2D eigenvalue weighted by molar-refractivity contribution is 7.80. The zero-order valence-electron chi connectivity index (χ0n) is 13.9. The summed E-state index contributed by atoms with van der Waals surface area (Å²) in [6.07, 6.45) is -2.54. The van der Waals surface area contributed by atoms with Gasteiger partial charge in [-0.15, -0.1) is 0 Å². The van der Waals surface area contributed by atoms with Gasteiger partial charge in [-0.1, -0.05) is 6.92 Å². The number of alkyl halides is 3. The van der Waals surface area contributed by atoms with E-state index in [-0.39, 0.29) is 22.9 Å². The highest BCUT2D eigenvalue weighted by atomic mass is 32.1. The van der Waals surface area contributed by atoms with Crippen LogP contribution in [-0.4, -0.2) is 34.2 Å². The number of nitrogens with one attached hydrogen (secondary N) is 2. The van der Waals surface area contributed by atoms with E-state index in [4.69, 9.17) is 12.2 Å². The first-order valence-corrected chi connectivity index (χ1v) is 8.34. The lowest BCUT2D eigenvalue weighted by molar-refractivity contribution is -0.141. The minimum absolute atomic E-state index is 0.0539. The van der Waals surface area contributed by atoms with Gasteiger partial charge in [0.15, 0.2) is 10.8 Å². The zero-order valence-corrected chi connectivity index (χ0v) is 14.8. The Hall–Kier alpha value is -1.64. The number of hydrogen-bond donors (Lipinski definition) is 2. The van der Waals surface area contributed by atoms with Crippen LogP contribution < -0.4 is 15.5 Å². The largest absolute Gasteiger partial charge is 0.433 e. The topological polar surface area (TPSA) is 53.1 Å². The molecule has 0 amide bonds. The van der Waals surface area contributed by atoms with Crippen molar-refractivity contribution in [3.8, 4) is 0 Å². The van der Waals surface area contributed by atoms with Gasteiger partial charge in [-0.2, -0.15) is 18.2 Å². The molecule has 9 heteroatoms. The number of aromatic nitrogens is 2. The standard InChI is InChI=1S/C15H22F3N5S/c1-9(2)19-14(24)22-13-20-11(15(16,17)18)7-12(21-13)23-6-4-5-10(3)8-23/h7,9-10H,4-6,8H2,1-3H3,(H2,19,20,21,22,24)/t10-/m1/s1. The van der Waals surface area contributed by atoms with Crippen molar-refractivity contribution in [2.45, 2.75) is 45.8 Å². The first kappa shape index (κ1) is 18.7. The molecule has 5 nitrogen and oxygen atoms in total. The molecule has 0 aromatic carbocycles. The third-order valence-corrected chi connectivity index (χ3v) is 3.85. The third-order valence-electron chi connectivity index (χ3n) is 3.63. The van der Waals surface area contributed by atoms with Crippen LogP contribution in [0.2, 0.25) is 0 Å². The molecule has 24 heavy (non-hydrogen) atoms. The SMILES string of the molecule is CC(C)NC(=S)Nc1nc(N2CCC[C@@H](C)C2)cc(C(F)(F)F)n1. The smallest absolute Gasteiger partial charge is 0.360 e. The van der Waals surface area contributed by atoms with Crippen LogP contribution in [0.4, 0.5) is 24.9 Å². The first-order valence-electron chi connectivity index (χ1n) is 7.94. The maximum atomic E-state index is 13.2. The quantitative estimate of drug-likeness (QED) is 0.805. The number of nitrogens with zero attached hydrogens (tertiary/aromatic N) is 3.